The minimum Gasteiger partial charge on any atom is -0.482 e. The van der Waals surface area contributed by atoms with E-state index in [2.05, 4.69) is 6.07 Å². The van der Waals surface area contributed by atoms with Crippen molar-refractivity contribution in [2.24, 2.45) is 5.73 Å². The lowest BCUT2D eigenvalue weighted by molar-refractivity contribution is -0.136. The summed E-state index contributed by atoms with van der Waals surface area (Å²) in [7, 11) is 0. The molecule has 0 bridgehead atoms. The van der Waals surface area contributed by atoms with Crippen LogP contribution in [-0.2, 0) is 4.79 Å². The van der Waals surface area contributed by atoms with Gasteiger partial charge in [0.15, 0.2) is 6.61 Å². The van der Waals surface area contributed by atoms with Crippen LogP contribution in [0.25, 0.3) is 10.8 Å². The summed E-state index contributed by atoms with van der Waals surface area (Å²) >= 11 is 5.86. The third-order valence-electron chi connectivity index (χ3n) is 5.73. The van der Waals surface area contributed by atoms with Gasteiger partial charge < -0.3 is 19.9 Å². The molecule has 0 amide bonds. The molecule has 7 heteroatoms. The molecule has 4 aromatic carbocycles. The number of benzene rings is 4. The first-order valence-electron chi connectivity index (χ1n) is 10.8. The molecule has 1 heterocycles. The lowest BCUT2D eigenvalue weighted by Crippen LogP contribution is -2.22. The summed E-state index contributed by atoms with van der Waals surface area (Å²) < 4.78 is 16.6. The average molecular weight is 483 g/mol. The SMILES string of the molecule is N#CC1=C(N)Oc2cc(OC(=O)COc3ccc(Cl)cc3)ccc2C1c1cccc2ccccc12. The van der Waals surface area contributed by atoms with Gasteiger partial charge in [0.1, 0.15) is 28.9 Å². The molecule has 172 valence electrons. The second-order valence-corrected chi connectivity index (χ2v) is 8.35. The van der Waals surface area contributed by atoms with Gasteiger partial charge >= 0.3 is 5.97 Å². The normalized spacial score (nSPS) is 14.6. The minimum atomic E-state index is -0.581. The maximum atomic E-state index is 12.3. The number of hydrogen-bond acceptors (Lipinski definition) is 6. The van der Waals surface area contributed by atoms with Crippen LogP contribution in [0.2, 0.25) is 5.02 Å². The maximum absolute atomic E-state index is 12.3. The van der Waals surface area contributed by atoms with Crippen molar-refractivity contribution in [2.75, 3.05) is 6.61 Å². The number of allylic oxidation sites excluding steroid dienone is 1. The van der Waals surface area contributed by atoms with Crippen molar-refractivity contribution < 1.29 is 19.0 Å². The first-order chi connectivity index (χ1) is 17.0. The number of halogens is 1. The number of hydrogen-bond donors (Lipinski definition) is 1. The fourth-order valence-corrected chi connectivity index (χ4v) is 4.28. The fraction of sp³-hybridized carbons (Fsp3) is 0.0714. The predicted octanol–water partition coefficient (Wildman–Crippen LogP) is 5.70. The Bertz CT molecular complexity index is 1500. The Morgan fingerprint density at radius 1 is 0.971 bits per heavy atom. The summed E-state index contributed by atoms with van der Waals surface area (Å²) in [5.41, 5.74) is 8.17. The summed E-state index contributed by atoms with van der Waals surface area (Å²) in [6.45, 7) is -0.279. The second-order valence-electron chi connectivity index (χ2n) is 7.91. The molecule has 0 spiro atoms. The number of nitrogens with zero attached hydrogens (tertiary/aromatic N) is 1. The van der Waals surface area contributed by atoms with E-state index in [-0.39, 0.29) is 18.2 Å². The van der Waals surface area contributed by atoms with Crippen molar-refractivity contribution in [3.8, 4) is 23.3 Å². The third kappa shape index (κ3) is 4.50. The number of nitriles is 1. The van der Waals surface area contributed by atoms with E-state index in [0.29, 0.717) is 22.1 Å². The van der Waals surface area contributed by atoms with Gasteiger partial charge in [-0.05, 0) is 46.7 Å². The maximum Gasteiger partial charge on any atom is 0.349 e. The van der Waals surface area contributed by atoms with E-state index < -0.39 is 11.9 Å². The molecule has 0 radical (unpaired) electrons. The number of nitrogens with two attached hydrogens (primary N) is 1. The Balaban J connectivity index is 1.43. The largest absolute Gasteiger partial charge is 0.482 e. The molecule has 4 aromatic rings. The Labute approximate surface area is 206 Å². The molecule has 0 saturated heterocycles. The molecule has 5 rings (SSSR count). The van der Waals surface area contributed by atoms with Crippen molar-refractivity contribution in [1.82, 2.24) is 0 Å². The van der Waals surface area contributed by atoms with Crippen LogP contribution >= 0.6 is 11.6 Å². The van der Waals surface area contributed by atoms with Crippen LogP contribution in [0.1, 0.15) is 17.0 Å². The van der Waals surface area contributed by atoms with Gasteiger partial charge in [-0.25, -0.2) is 4.79 Å². The number of esters is 1. The summed E-state index contributed by atoms with van der Waals surface area (Å²) in [6.07, 6.45) is 0. The highest BCUT2D eigenvalue weighted by molar-refractivity contribution is 6.30. The van der Waals surface area contributed by atoms with Gasteiger partial charge in [-0.15, -0.1) is 0 Å². The molecule has 0 saturated carbocycles. The van der Waals surface area contributed by atoms with Crippen LogP contribution in [0, 0.1) is 11.3 Å². The van der Waals surface area contributed by atoms with Gasteiger partial charge in [0.05, 0.1) is 5.92 Å². The van der Waals surface area contributed by atoms with E-state index in [0.717, 1.165) is 21.9 Å². The zero-order valence-electron chi connectivity index (χ0n) is 18.4. The van der Waals surface area contributed by atoms with E-state index in [1.54, 1.807) is 42.5 Å². The molecule has 1 unspecified atom stereocenters. The first-order valence-corrected chi connectivity index (χ1v) is 11.2. The Morgan fingerprint density at radius 2 is 1.71 bits per heavy atom. The third-order valence-corrected chi connectivity index (χ3v) is 5.98. The number of rotatable bonds is 5. The average Bonchev–Trinajstić information content (AvgIpc) is 2.87. The summed E-state index contributed by atoms with van der Waals surface area (Å²) in [6, 6.07) is 27.8. The van der Waals surface area contributed by atoms with Crippen molar-refractivity contribution in [3.05, 3.63) is 113 Å². The van der Waals surface area contributed by atoms with Crippen molar-refractivity contribution in [1.29, 1.82) is 5.26 Å². The van der Waals surface area contributed by atoms with Crippen LogP contribution in [-0.4, -0.2) is 12.6 Å². The minimum absolute atomic E-state index is 0.0208. The van der Waals surface area contributed by atoms with E-state index in [1.165, 1.54) is 0 Å². The standard InChI is InChI=1S/C28H19ClN2O4/c29-18-8-10-19(11-9-18)33-16-26(32)34-20-12-13-23-25(14-20)35-28(31)24(15-30)27(23)22-7-3-5-17-4-1-2-6-21(17)22/h1-14,27H,16,31H2. The number of fused-ring (bicyclic) bond motifs is 2. The quantitative estimate of drug-likeness (QED) is 0.290. The highest BCUT2D eigenvalue weighted by Gasteiger charge is 2.32. The van der Waals surface area contributed by atoms with E-state index in [9.17, 15) is 10.1 Å². The summed E-state index contributed by atoms with van der Waals surface area (Å²) in [4.78, 5) is 12.3. The molecule has 0 aromatic heterocycles. The highest BCUT2D eigenvalue weighted by Crippen LogP contribution is 2.45. The van der Waals surface area contributed by atoms with E-state index >= 15 is 0 Å². The topological polar surface area (TPSA) is 94.6 Å². The van der Waals surface area contributed by atoms with Gasteiger partial charge in [0.25, 0.3) is 0 Å². The Morgan fingerprint density at radius 3 is 2.51 bits per heavy atom. The van der Waals surface area contributed by atoms with Crippen LogP contribution in [0.15, 0.2) is 96.4 Å². The monoisotopic (exact) mass is 482 g/mol. The first kappa shape index (κ1) is 22.3. The van der Waals surface area contributed by atoms with Crippen molar-refractivity contribution in [2.45, 2.75) is 5.92 Å². The van der Waals surface area contributed by atoms with Crippen LogP contribution in [0.5, 0.6) is 17.2 Å². The van der Waals surface area contributed by atoms with E-state index in [1.807, 2.05) is 42.5 Å². The van der Waals surface area contributed by atoms with Gasteiger partial charge in [0, 0.05) is 16.7 Å². The van der Waals surface area contributed by atoms with Crippen LogP contribution in [0.4, 0.5) is 0 Å². The van der Waals surface area contributed by atoms with Gasteiger partial charge in [-0.2, -0.15) is 5.26 Å². The molecule has 35 heavy (non-hydrogen) atoms. The van der Waals surface area contributed by atoms with Gasteiger partial charge in [0.2, 0.25) is 5.88 Å². The van der Waals surface area contributed by atoms with Crippen LogP contribution in [0.3, 0.4) is 0 Å². The van der Waals surface area contributed by atoms with E-state index in [4.69, 9.17) is 31.5 Å². The Hall–Kier alpha value is -4.47. The van der Waals surface area contributed by atoms with Gasteiger partial charge in [-0.1, -0.05) is 60.1 Å². The second kappa shape index (κ2) is 9.41. The van der Waals surface area contributed by atoms with Crippen molar-refractivity contribution >= 4 is 28.3 Å². The molecule has 1 aliphatic heterocycles. The Kier molecular flexibility index (Phi) is 6.01. The molecule has 1 aliphatic rings. The molecule has 0 aliphatic carbocycles. The summed E-state index contributed by atoms with van der Waals surface area (Å²) in [5.74, 6) is 0.213. The zero-order valence-corrected chi connectivity index (χ0v) is 19.2. The fourth-order valence-electron chi connectivity index (χ4n) is 4.16. The molecular formula is C28H19ClN2O4. The van der Waals surface area contributed by atoms with Crippen LogP contribution < -0.4 is 19.9 Å². The van der Waals surface area contributed by atoms with Gasteiger partial charge in [-0.3, -0.25) is 0 Å². The zero-order chi connectivity index (χ0) is 24.4. The number of carbonyl (C=O) groups is 1. The molecular weight excluding hydrogens is 464 g/mol. The molecule has 0 fully saturated rings. The highest BCUT2D eigenvalue weighted by atomic mass is 35.5. The number of carbonyl (C=O) groups excluding carboxylic acids is 1. The molecule has 1 atom stereocenters. The predicted molar refractivity (Wildman–Crippen MR) is 132 cm³/mol. The molecule has 6 nitrogen and oxygen atoms in total. The molecule has 2 N–H and O–H groups in total. The lowest BCUT2D eigenvalue weighted by atomic mass is 9.81. The summed E-state index contributed by atoms with van der Waals surface area (Å²) in [5, 5.41) is 12.5. The van der Waals surface area contributed by atoms with Crippen molar-refractivity contribution in [3.63, 3.8) is 0 Å². The smallest absolute Gasteiger partial charge is 0.349 e. The number of ether oxygens (including phenoxy) is 3. The lowest BCUT2D eigenvalue weighted by Gasteiger charge is -2.27.